The molecule has 30 heavy (non-hydrogen) atoms. The molecule has 8 nitrogen and oxygen atoms in total. The normalized spacial score (nSPS) is 16.8. The second kappa shape index (κ2) is 8.39. The first-order chi connectivity index (χ1) is 14.5. The number of amides is 1. The molecular formula is C22H27N5O3. The number of aromatic nitrogens is 4. The summed E-state index contributed by atoms with van der Waals surface area (Å²) in [6.45, 7) is 10.0. The summed E-state index contributed by atoms with van der Waals surface area (Å²) >= 11 is 0. The summed E-state index contributed by atoms with van der Waals surface area (Å²) in [4.78, 5) is 19.7. The minimum absolute atomic E-state index is 0.0141. The zero-order chi connectivity index (χ0) is 21.3. The van der Waals surface area contributed by atoms with Crippen molar-refractivity contribution < 1.29 is 14.1 Å². The summed E-state index contributed by atoms with van der Waals surface area (Å²) in [5.74, 6) is 0.807. The Hall–Kier alpha value is -3.00. The van der Waals surface area contributed by atoms with Crippen LogP contribution in [0, 0.1) is 13.8 Å². The SMILES string of the molecule is CCc1onc(C)c1-c1cccc([C@H]2CN(C(=O)c3cn(CC)nc3C)CCO2)n1. The van der Waals surface area contributed by atoms with Gasteiger partial charge in [-0.2, -0.15) is 5.10 Å². The lowest BCUT2D eigenvalue weighted by Gasteiger charge is -2.32. The maximum atomic E-state index is 13.1. The highest BCUT2D eigenvalue weighted by atomic mass is 16.5. The molecule has 0 aromatic carbocycles. The minimum Gasteiger partial charge on any atom is -0.368 e. The van der Waals surface area contributed by atoms with Crippen LogP contribution in [-0.2, 0) is 17.7 Å². The van der Waals surface area contributed by atoms with Crippen LogP contribution in [0.5, 0.6) is 0 Å². The molecule has 1 fully saturated rings. The van der Waals surface area contributed by atoms with E-state index in [0.717, 1.165) is 47.1 Å². The number of hydrogen-bond donors (Lipinski definition) is 0. The van der Waals surface area contributed by atoms with Crippen molar-refractivity contribution in [2.75, 3.05) is 19.7 Å². The molecule has 4 heterocycles. The Morgan fingerprint density at radius 1 is 1.23 bits per heavy atom. The van der Waals surface area contributed by atoms with Crippen LogP contribution >= 0.6 is 0 Å². The maximum Gasteiger partial charge on any atom is 0.257 e. The van der Waals surface area contributed by atoms with E-state index in [-0.39, 0.29) is 12.0 Å². The summed E-state index contributed by atoms with van der Waals surface area (Å²) in [6, 6.07) is 5.86. The number of pyridine rings is 1. The van der Waals surface area contributed by atoms with Gasteiger partial charge in [-0.3, -0.25) is 9.48 Å². The fourth-order valence-corrected chi connectivity index (χ4v) is 3.83. The van der Waals surface area contributed by atoms with Gasteiger partial charge in [-0.05, 0) is 32.9 Å². The summed E-state index contributed by atoms with van der Waals surface area (Å²) < 4.78 is 13.2. The quantitative estimate of drug-likeness (QED) is 0.642. The first kappa shape index (κ1) is 20.3. The van der Waals surface area contributed by atoms with Gasteiger partial charge in [0.15, 0.2) is 0 Å². The van der Waals surface area contributed by atoms with E-state index >= 15 is 0 Å². The van der Waals surface area contributed by atoms with Gasteiger partial charge in [0, 0.05) is 25.7 Å². The van der Waals surface area contributed by atoms with Crippen LogP contribution in [0.1, 0.15) is 53.2 Å². The van der Waals surface area contributed by atoms with Gasteiger partial charge in [0.1, 0.15) is 11.9 Å². The molecule has 0 saturated carbocycles. The standard InChI is InChI=1S/C22H27N5O3/c1-5-19-21(15(4)25-30-19)18-9-7-8-17(23-18)20-13-26(10-11-29-20)22(28)16-12-27(6-2)24-14(16)3/h7-9,12,20H,5-6,10-11,13H2,1-4H3/t20-/m1/s1. The lowest BCUT2D eigenvalue weighted by atomic mass is 10.1. The molecule has 3 aromatic heterocycles. The molecular weight excluding hydrogens is 382 g/mol. The van der Waals surface area contributed by atoms with E-state index < -0.39 is 0 Å². The molecule has 0 N–H and O–H groups in total. The lowest BCUT2D eigenvalue weighted by molar-refractivity contribution is -0.0247. The summed E-state index contributed by atoms with van der Waals surface area (Å²) in [7, 11) is 0. The van der Waals surface area contributed by atoms with Gasteiger partial charge in [0.2, 0.25) is 0 Å². The smallest absolute Gasteiger partial charge is 0.257 e. The van der Waals surface area contributed by atoms with Gasteiger partial charge in [0.05, 0.1) is 47.1 Å². The molecule has 4 rings (SSSR count). The zero-order valence-electron chi connectivity index (χ0n) is 17.9. The molecule has 1 aliphatic rings. The van der Waals surface area contributed by atoms with Gasteiger partial charge in [-0.25, -0.2) is 4.98 Å². The molecule has 0 spiro atoms. The van der Waals surface area contributed by atoms with E-state index in [4.69, 9.17) is 14.2 Å². The Bertz CT molecular complexity index is 1050. The van der Waals surface area contributed by atoms with Gasteiger partial charge in [0.25, 0.3) is 5.91 Å². The Morgan fingerprint density at radius 2 is 2.07 bits per heavy atom. The molecule has 8 heteroatoms. The van der Waals surface area contributed by atoms with Gasteiger partial charge in [-0.1, -0.05) is 18.1 Å². The number of morpholine rings is 1. The first-order valence-corrected chi connectivity index (χ1v) is 10.4. The minimum atomic E-state index is -0.283. The second-order valence-corrected chi connectivity index (χ2v) is 7.46. The maximum absolute atomic E-state index is 13.1. The van der Waals surface area contributed by atoms with E-state index in [9.17, 15) is 4.79 Å². The Kier molecular flexibility index (Phi) is 5.67. The molecule has 3 aromatic rings. The van der Waals surface area contributed by atoms with Gasteiger partial charge in [-0.15, -0.1) is 0 Å². The molecule has 1 saturated heterocycles. The van der Waals surface area contributed by atoms with Crippen molar-refractivity contribution in [1.82, 2.24) is 24.8 Å². The monoisotopic (exact) mass is 409 g/mol. The molecule has 1 atom stereocenters. The third-order valence-electron chi connectivity index (χ3n) is 5.47. The van der Waals surface area contributed by atoms with Crippen molar-refractivity contribution in [3.8, 4) is 11.3 Å². The largest absolute Gasteiger partial charge is 0.368 e. The number of nitrogens with zero attached hydrogens (tertiary/aromatic N) is 5. The van der Waals surface area contributed by atoms with Crippen LogP contribution in [0.3, 0.4) is 0 Å². The highest BCUT2D eigenvalue weighted by molar-refractivity contribution is 5.95. The molecule has 0 radical (unpaired) electrons. The van der Waals surface area contributed by atoms with E-state index in [1.165, 1.54) is 0 Å². The molecule has 0 bridgehead atoms. The number of carbonyl (C=O) groups is 1. The van der Waals surface area contributed by atoms with Crippen molar-refractivity contribution >= 4 is 5.91 Å². The average Bonchev–Trinajstić information content (AvgIpc) is 3.35. The van der Waals surface area contributed by atoms with Crippen molar-refractivity contribution in [3.63, 3.8) is 0 Å². The lowest BCUT2D eigenvalue weighted by Crippen LogP contribution is -2.42. The molecule has 1 aliphatic heterocycles. The second-order valence-electron chi connectivity index (χ2n) is 7.46. The predicted molar refractivity (Wildman–Crippen MR) is 111 cm³/mol. The van der Waals surface area contributed by atoms with Crippen LogP contribution < -0.4 is 0 Å². The van der Waals surface area contributed by atoms with Gasteiger partial charge < -0.3 is 14.2 Å². The van der Waals surface area contributed by atoms with E-state index in [1.807, 2.05) is 57.0 Å². The molecule has 158 valence electrons. The number of aryl methyl sites for hydroxylation is 4. The molecule has 1 amide bonds. The zero-order valence-corrected chi connectivity index (χ0v) is 17.9. The average molecular weight is 409 g/mol. The van der Waals surface area contributed by atoms with E-state index in [2.05, 4.69) is 10.3 Å². The van der Waals surface area contributed by atoms with Crippen LogP contribution in [0.2, 0.25) is 0 Å². The number of carbonyl (C=O) groups excluding carboxylic acids is 1. The fourth-order valence-electron chi connectivity index (χ4n) is 3.83. The summed E-state index contributed by atoms with van der Waals surface area (Å²) in [5, 5.41) is 8.48. The fraction of sp³-hybridized carbons (Fsp3) is 0.455. The Balaban J connectivity index is 1.57. The third kappa shape index (κ3) is 3.75. The first-order valence-electron chi connectivity index (χ1n) is 10.4. The Labute approximate surface area is 175 Å². The molecule has 0 unspecified atom stereocenters. The highest BCUT2D eigenvalue weighted by Gasteiger charge is 2.29. The van der Waals surface area contributed by atoms with Crippen LogP contribution in [-0.4, -0.2) is 50.4 Å². The van der Waals surface area contributed by atoms with E-state index in [1.54, 1.807) is 4.68 Å². The summed E-state index contributed by atoms with van der Waals surface area (Å²) in [5.41, 5.74) is 4.77. The topological polar surface area (TPSA) is 86.3 Å². The van der Waals surface area contributed by atoms with Crippen molar-refractivity contribution in [3.05, 3.63) is 52.8 Å². The number of ether oxygens (including phenoxy) is 1. The summed E-state index contributed by atoms with van der Waals surface area (Å²) in [6.07, 6.45) is 2.28. The number of hydrogen-bond acceptors (Lipinski definition) is 6. The van der Waals surface area contributed by atoms with Crippen molar-refractivity contribution in [2.45, 2.75) is 46.8 Å². The number of rotatable bonds is 5. The van der Waals surface area contributed by atoms with Gasteiger partial charge >= 0.3 is 0 Å². The van der Waals surface area contributed by atoms with E-state index in [0.29, 0.717) is 25.3 Å². The van der Waals surface area contributed by atoms with Crippen LogP contribution in [0.15, 0.2) is 28.9 Å². The van der Waals surface area contributed by atoms with Crippen molar-refractivity contribution in [1.29, 1.82) is 0 Å². The third-order valence-corrected chi connectivity index (χ3v) is 5.47. The van der Waals surface area contributed by atoms with Crippen molar-refractivity contribution in [2.24, 2.45) is 0 Å². The predicted octanol–water partition coefficient (Wildman–Crippen LogP) is 3.35. The molecule has 0 aliphatic carbocycles. The van der Waals surface area contributed by atoms with Crippen LogP contribution in [0.25, 0.3) is 11.3 Å². The Morgan fingerprint density at radius 3 is 2.80 bits per heavy atom. The van der Waals surface area contributed by atoms with Crippen LogP contribution in [0.4, 0.5) is 0 Å². The highest BCUT2D eigenvalue weighted by Crippen LogP contribution is 2.29.